The lowest BCUT2D eigenvalue weighted by molar-refractivity contribution is 0.509. The minimum atomic E-state index is -4.11. The fourth-order valence-corrected chi connectivity index (χ4v) is 3.53. The fourth-order valence-electron chi connectivity index (χ4n) is 2.46. The smallest absolute Gasteiger partial charge is 0.261 e. The van der Waals surface area contributed by atoms with Crippen molar-refractivity contribution in [1.29, 1.82) is 5.26 Å². The highest BCUT2D eigenvalue weighted by Crippen LogP contribution is 2.32. The molecule has 7 heteroatoms. The first-order chi connectivity index (χ1) is 12.4. The Morgan fingerprint density at radius 2 is 1.46 bits per heavy atom. The third kappa shape index (κ3) is 3.27. The molecule has 0 radical (unpaired) electrons. The van der Waals surface area contributed by atoms with Gasteiger partial charge in [0, 0.05) is 5.56 Å². The molecule has 130 valence electrons. The zero-order chi connectivity index (χ0) is 18.7. The minimum absolute atomic E-state index is 0.0922. The van der Waals surface area contributed by atoms with E-state index in [0.29, 0.717) is 5.56 Å². The molecule has 0 spiro atoms. The highest BCUT2D eigenvalue weighted by atomic mass is 32.2. The lowest BCUT2D eigenvalue weighted by atomic mass is 9.99. The van der Waals surface area contributed by atoms with Crippen LogP contribution in [0, 0.1) is 23.0 Å². The second-order valence-corrected chi connectivity index (χ2v) is 7.05. The molecule has 0 aliphatic rings. The van der Waals surface area contributed by atoms with E-state index in [1.54, 1.807) is 42.5 Å². The van der Waals surface area contributed by atoms with Gasteiger partial charge in [-0.05, 0) is 23.8 Å². The summed E-state index contributed by atoms with van der Waals surface area (Å²) in [6.45, 7) is 0. The molecule has 3 aromatic rings. The van der Waals surface area contributed by atoms with Gasteiger partial charge in [-0.25, -0.2) is 17.2 Å². The van der Waals surface area contributed by atoms with Gasteiger partial charge in [-0.2, -0.15) is 5.26 Å². The maximum atomic E-state index is 14.4. The van der Waals surface area contributed by atoms with Crippen molar-refractivity contribution in [2.75, 3.05) is 4.72 Å². The quantitative estimate of drug-likeness (QED) is 0.744. The highest BCUT2D eigenvalue weighted by Gasteiger charge is 2.23. The molecule has 0 saturated carbocycles. The molecule has 26 heavy (non-hydrogen) atoms. The van der Waals surface area contributed by atoms with Gasteiger partial charge in [0.25, 0.3) is 10.0 Å². The summed E-state index contributed by atoms with van der Waals surface area (Å²) in [5.74, 6) is -2.83. The number of rotatable bonds is 4. The van der Waals surface area contributed by atoms with Gasteiger partial charge in [0.2, 0.25) is 0 Å². The Morgan fingerprint density at radius 3 is 2.04 bits per heavy atom. The van der Waals surface area contributed by atoms with Crippen LogP contribution in [0.1, 0.15) is 5.56 Å². The summed E-state index contributed by atoms with van der Waals surface area (Å²) in [4.78, 5) is -0.0922. The van der Waals surface area contributed by atoms with Crippen LogP contribution in [0.5, 0.6) is 0 Å². The molecular weight excluding hydrogens is 358 g/mol. The van der Waals surface area contributed by atoms with E-state index in [0.717, 1.165) is 6.07 Å². The summed E-state index contributed by atoms with van der Waals surface area (Å²) < 4.78 is 55.5. The molecule has 0 aromatic heterocycles. The molecule has 4 nitrogen and oxygen atoms in total. The lowest BCUT2D eigenvalue weighted by Gasteiger charge is -2.13. The zero-order valence-electron chi connectivity index (χ0n) is 13.3. The fraction of sp³-hybridized carbons (Fsp3) is 0. The van der Waals surface area contributed by atoms with E-state index in [9.17, 15) is 22.5 Å². The Balaban J connectivity index is 2.15. The van der Waals surface area contributed by atoms with Crippen LogP contribution >= 0.6 is 0 Å². The first-order valence-electron chi connectivity index (χ1n) is 7.49. The first kappa shape index (κ1) is 17.6. The summed E-state index contributed by atoms with van der Waals surface area (Å²) in [5, 5.41) is 9.19. The van der Waals surface area contributed by atoms with E-state index in [-0.39, 0.29) is 10.5 Å². The van der Waals surface area contributed by atoms with Crippen LogP contribution in [-0.2, 0) is 10.0 Å². The van der Waals surface area contributed by atoms with Gasteiger partial charge in [0.1, 0.15) is 6.07 Å². The Morgan fingerprint density at radius 1 is 0.885 bits per heavy atom. The molecule has 0 atom stereocenters. The summed E-state index contributed by atoms with van der Waals surface area (Å²) >= 11 is 0. The summed E-state index contributed by atoms with van der Waals surface area (Å²) in [6.07, 6.45) is 0. The van der Waals surface area contributed by atoms with Gasteiger partial charge in [0.15, 0.2) is 11.6 Å². The predicted molar refractivity (Wildman–Crippen MR) is 93.8 cm³/mol. The zero-order valence-corrected chi connectivity index (χ0v) is 14.1. The van der Waals surface area contributed by atoms with Crippen LogP contribution < -0.4 is 4.72 Å². The van der Waals surface area contributed by atoms with Gasteiger partial charge in [-0.3, -0.25) is 4.72 Å². The number of benzene rings is 3. The molecule has 0 aliphatic carbocycles. The van der Waals surface area contributed by atoms with E-state index in [1.807, 2.05) is 0 Å². The first-order valence-corrected chi connectivity index (χ1v) is 8.98. The number of nitrogens with zero attached hydrogens (tertiary/aromatic N) is 1. The highest BCUT2D eigenvalue weighted by molar-refractivity contribution is 7.92. The number of nitriles is 1. The van der Waals surface area contributed by atoms with Crippen molar-refractivity contribution >= 4 is 15.7 Å². The van der Waals surface area contributed by atoms with Crippen LogP contribution in [0.2, 0.25) is 0 Å². The number of halogens is 2. The van der Waals surface area contributed by atoms with Crippen LogP contribution in [0.3, 0.4) is 0 Å². The molecule has 0 aliphatic heterocycles. The second-order valence-electron chi connectivity index (χ2n) is 5.37. The van der Waals surface area contributed by atoms with Crippen LogP contribution in [0.4, 0.5) is 14.5 Å². The van der Waals surface area contributed by atoms with Crippen molar-refractivity contribution in [2.24, 2.45) is 0 Å². The molecule has 0 bridgehead atoms. The van der Waals surface area contributed by atoms with Gasteiger partial charge in [-0.1, -0.05) is 48.5 Å². The normalized spacial score (nSPS) is 11.0. The summed E-state index contributed by atoms with van der Waals surface area (Å²) in [7, 11) is -4.11. The van der Waals surface area contributed by atoms with Crippen LogP contribution in [0.15, 0.2) is 71.6 Å². The van der Waals surface area contributed by atoms with E-state index >= 15 is 0 Å². The largest absolute Gasteiger partial charge is 0.277 e. The standard InChI is InChI=1S/C19H12F2N2O2S/c20-18-16(12-22)15(13-7-3-1-4-8-13)11-17(19(18)21)23-26(24,25)14-9-5-2-6-10-14/h1-11,23H. The Kier molecular flexibility index (Phi) is 4.69. The molecule has 0 amide bonds. The van der Waals surface area contributed by atoms with Crippen molar-refractivity contribution in [3.63, 3.8) is 0 Å². The van der Waals surface area contributed by atoms with E-state index < -0.39 is 32.9 Å². The number of hydrogen-bond acceptors (Lipinski definition) is 3. The Labute approximate surface area is 149 Å². The number of hydrogen-bond donors (Lipinski definition) is 1. The van der Waals surface area contributed by atoms with E-state index in [4.69, 9.17) is 0 Å². The molecule has 0 unspecified atom stereocenters. The van der Waals surface area contributed by atoms with E-state index in [1.165, 1.54) is 24.3 Å². The average molecular weight is 370 g/mol. The number of nitrogens with one attached hydrogen (secondary N) is 1. The third-order valence-electron chi connectivity index (χ3n) is 3.70. The van der Waals surface area contributed by atoms with Crippen molar-refractivity contribution in [2.45, 2.75) is 4.90 Å². The molecular formula is C19H12F2N2O2S. The van der Waals surface area contributed by atoms with E-state index in [2.05, 4.69) is 4.72 Å². The average Bonchev–Trinajstić information content (AvgIpc) is 2.66. The predicted octanol–water partition coefficient (Wildman–Crippen LogP) is 4.30. The molecule has 1 N–H and O–H groups in total. The number of sulfonamides is 1. The van der Waals surface area contributed by atoms with Crippen molar-refractivity contribution in [3.05, 3.63) is 83.9 Å². The maximum Gasteiger partial charge on any atom is 0.261 e. The van der Waals surface area contributed by atoms with Gasteiger partial charge in [0.05, 0.1) is 16.1 Å². The number of anilines is 1. The Bertz CT molecular complexity index is 1090. The van der Waals surface area contributed by atoms with Crippen molar-refractivity contribution < 1.29 is 17.2 Å². The van der Waals surface area contributed by atoms with Crippen molar-refractivity contribution in [1.82, 2.24) is 0 Å². The maximum absolute atomic E-state index is 14.4. The molecule has 0 fully saturated rings. The third-order valence-corrected chi connectivity index (χ3v) is 5.08. The SMILES string of the molecule is N#Cc1c(-c2ccccc2)cc(NS(=O)(=O)c2ccccc2)c(F)c1F. The molecule has 3 aromatic carbocycles. The minimum Gasteiger partial charge on any atom is -0.277 e. The molecule has 0 heterocycles. The summed E-state index contributed by atoms with van der Waals surface area (Å²) in [6, 6.07) is 18.4. The van der Waals surface area contributed by atoms with Crippen molar-refractivity contribution in [3.8, 4) is 17.2 Å². The van der Waals surface area contributed by atoms with Gasteiger partial charge >= 0.3 is 0 Å². The lowest BCUT2D eigenvalue weighted by Crippen LogP contribution is -2.15. The second kappa shape index (κ2) is 6.94. The topological polar surface area (TPSA) is 70.0 Å². The molecule has 0 saturated heterocycles. The van der Waals surface area contributed by atoms with Crippen LogP contribution in [-0.4, -0.2) is 8.42 Å². The van der Waals surface area contributed by atoms with Gasteiger partial charge in [-0.15, -0.1) is 0 Å². The summed E-state index contributed by atoms with van der Waals surface area (Å²) in [5.41, 5.74) is -0.499. The van der Waals surface area contributed by atoms with Crippen LogP contribution in [0.25, 0.3) is 11.1 Å². The monoisotopic (exact) mass is 370 g/mol. The molecule has 3 rings (SSSR count). The van der Waals surface area contributed by atoms with Gasteiger partial charge < -0.3 is 0 Å². The Hall–Kier alpha value is -3.24.